The van der Waals surface area contributed by atoms with E-state index in [2.05, 4.69) is 37.5 Å². The molecule has 0 saturated heterocycles. The van der Waals surface area contributed by atoms with E-state index in [1.54, 1.807) is 17.9 Å². The van der Waals surface area contributed by atoms with Gasteiger partial charge in [-0.2, -0.15) is 15.0 Å². The van der Waals surface area contributed by atoms with Crippen LogP contribution in [-0.2, 0) is 6.54 Å². The number of aromatic nitrogens is 6. The van der Waals surface area contributed by atoms with Crippen LogP contribution in [0.1, 0.15) is 13.3 Å². The van der Waals surface area contributed by atoms with Crippen LogP contribution in [0, 0.1) is 0 Å². The van der Waals surface area contributed by atoms with Gasteiger partial charge < -0.3 is 10.2 Å². The average molecular weight is 262 g/mol. The highest BCUT2D eigenvalue weighted by Gasteiger charge is 2.13. The molecule has 2 heterocycles. The number of hydrogen-bond acceptors (Lipinski definition) is 7. The van der Waals surface area contributed by atoms with Gasteiger partial charge in [-0.25, -0.2) is 4.68 Å². The molecule has 0 amide bonds. The van der Waals surface area contributed by atoms with Gasteiger partial charge in [-0.15, -0.1) is 5.10 Å². The Kier molecular flexibility index (Phi) is 3.88. The van der Waals surface area contributed by atoms with E-state index < -0.39 is 0 Å². The summed E-state index contributed by atoms with van der Waals surface area (Å²) < 4.78 is 1.80. The maximum absolute atomic E-state index is 4.43. The third-order valence-corrected chi connectivity index (χ3v) is 2.53. The molecule has 8 heteroatoms. The van der Waals surface area contributed by atoms with E-state index >= 15 is 0 Å². The van der Waals surface area contributed by atoms with Crippen molar-refractivity contribution in [3.05, 3.63) is 6.20 Å². The molecule has 0 aromatic carbocycles. The van der Waals surface area contributed by atoms with Gasteiger partial charge in [0.05, 0.1) is 6.20 Å². The molecule has 0 bridgehead atoms. The van der Waals surface area contributed by atoms with Crippen LogP contribution in [0.4, 0.5) is 11.9 Å². The van der Waals surface area contributed by atoms with Gasteiger partial charge in [-0.1, -0.05) is 12.1 Å². The van der Waals surface area contributed by atoms with E-state index in [1.165, 1.54) is 0 Å². The van der Waals surface area contributed by atoms with Gasteiger partial charge in [-0.3, -0.25) is 0 Å². The predicted molar refractivity (Wildman–Crippen MR) is 73.0 cm³/mol. The molecule has 0 aliphatic carbocycles. The first kappa shape index (κ1) is 13.2. The van der Waals surface area contributed by atoms with E-state index in [0.717, 1.165) is 18.7 Å². The van der Waals surface area contributed by atoms with Crippen molar-refractivity contribution in [1.82, 2.24) is 29.9 Å². The van der Waals surface area contributed by atoms with Crippen LogP contribution in [0.2, 0.25) is 0 Å². The summed E-state index contributed by atoms with van der Waals surface area (Å²) in [6.07, 6.45) is 2.64. The predicted octanol–water partition coefficient (Wildman–Crippen LogP) is 0.648. The molecule has 0 aliphatic rings. The minimum atomic E-state index is 0.526. The molecule has 19 heavy (non-hydrogen) atoms. The normalized spacial score (nSPS) is 10.5. The standard InChI is InChI=1S/C11H18N8/c1-5-6-19-8(7-13-17-19)9-14-10(12-2)16-11(15-9)18(3)4/h7H,5-6H2,1-4H3,(H,12,14,15,16). The number of anilines is 2. The van der Waals surface area contributed by atoms with Crippen molar-refractivity contribution in [1.29, 1.82) is 0 Å². The van der Waals surface area contributed by atoms with Gasteiger partial charge in [-0.05, 0) is 6.42 Å². The fraction of sp³-hybridized carbons (Fsp3) is 0.545. The summed E-state index contributed by atoms with van der Waals surface area (Å²) in [5.41, 5.74) is 0.795. The van der Waals surface area contributed by atoms with Crippen molar-refractivity contribution in [3.63, 3.8) is 0 Å². The van der Waals surface area contributed by atoms with E-state index in [9.17, 15) is 0 Å². The average Bonchev–Trinajstić information content (AvgIpc) is 2.87. The van der Waals surface area contributed by atoms with Crippen LogP contribution >= 0.6 is 0 Å². The van der Waals surface area contributed by atoms with Crippen LogP contribution in [0.15, 0.2) is 6.20 Å². The highest BCUT2D eigenvalue weighted by molar-refractivity contribution is 5.52. The van der Waals surface area contributed by atoms with Crippen LogP contribution in [0.25, 0.3) is 11.5 Å². The zero-order valence-electron chi connectivity index (χ0n) is 11.6. The molecule has 0 aliphatic heterocycles. The molecule has 2 aromatic heterocycles. The number of aryl methyl sites for hydroxylation is 1. The molecule has 0 atom stereocenters. The number of nitrogens with one attached hydrogen (secondary N) is 1. The molecular formula is C11H18N8. The van der Waals surface area contributed by atoms with Gasteiger partial charge in [0.25, 0.3) is 0 Å². The second-order valence-electron chi connectivity index (χ2n) is 4.27. The van der Waals surface area contributed by atoms with E-state index in [-0.39, 0.29) is 0 Å². The van der Waals surface area contributed by atoms with Crippen LogP contribution in [-0.4, -0.2) is 51.1 Å². The molecule has 0 unspecified atom stereocenters. The van der Waals surface area contributed by atoms with Crippen molar-refractivity contribution in [2.24, 2.45) is 0 Å². The molecular weight excluding hydrogens is 244 g/mol. The number of nitrogens with zero attached hydrogens (tertiary/aromatic N) is 7. The lowest BCUT2D eigenvalue weighted by atomic mass is 10.4. The Bertz CT molecular complexity index is 547. The summed E-state index contributed by atoms with van der Waals surface area (Å²) in [7, 11) is 5.56. The largest absolute Gasteiger partial charge is 0.357 e. The lowest BCUT2D eigenvalue weighted by Gasteiger charge is -2.12. The minimum absolute atomic E-state index is 0.526. The summed E-state index contributed by atoms with van der Waals surface area (Å²) in [5, 5.41) is 10.9. The topological polar surface area (TPSA) is 84.7 Å². The van der Waals surface area contributed by atoms with Crippen LogP contribution < -0.4 is 10.2 Å². The third-order valence-electron chi connectivity index (χ3n) is 2.53. The fourth-order valence-electron chi connectivity index (χ4n) is 1.60. The van der Waals surface area contributed by atoms with Gasteiger partial charge >= 0.3 is 0 Å². The van der Waals surface area contributed by atoms with E-state index in [4.69, 9.17) is 0 Å². The summed E-state index contributed by atoms with van der Waals surface area (Å²) in [6, 6.07) is 0. The lowest BCUT2D eigenvalue weighted by molar-refractivity contribution is 0.582. The SMILES string of the molecule is CCCn1nncc1-c1nc(NC)nc(N(C)C)n1. The van der Waals surface area contributed by atoms with Crippen molar-refractivity contribution >= 4 is 11.9 Å². The third kappa shape index (κ3) is 2.78. The van der Waals surface area contributed by atoms with Gasteiger partial charge in [0.15, 0.2) is 5.82 Å². The molecule has 8 nitrogen and oxygen atoms in total. The Morgan fingerprint density at radius 1 is 1.26 bits per heavy atom. The summed E-state index contributed by atoms with van der Waals surface area (Å²) in [5.74, 6) is 1.69. The summed E-state index contributed by atoms with van der Waals surface area (Å²) in [6.45, 7) is 2.87. The second-order valence-corrected chi connectivity index (χ2v) is 4.27. The van der Waals surface area contributed by atoms with Crippen molar-refractivity contribution < 1.29 is 0 Å². The lowest BCUT2D eigenvalue weighted by Crippen LogP contribution is -2.16. The Labute approximate surface area is 111 Å². The second kappa shape index (κ2) is 5.59. The molecule has 0 spiro atoms. The molecule has 1 N–H and O–H groups in total. The Morgan fingerprint density at radius 3 is 2.68 bits per heavy atom. The highest BCUT2D eigenvalue weighted by atomic mass is 15.4. The Hall–Kier alpha value is -2.25. The van der Waals surface area contributed by atoms with Crippen molar-refractivity contribution in [2.75, 3.05) is 31.4 Å². The van der Waals surface area contributed by atoms with Gasteiger partial charge in [0.2, 0.25) is 11.9 Å². The van der Waals surface area contributed by atoms with E-state index in [1.807, 2.05) is 19.0 Å². The highest BCUT2D eigenvalue weighted by Crippen LogP contribution is 2.17. The summed E-state index contributed by atoms with van der Waals surface area (Å²) in [4.78, 5) is 14.9. The fourth-order valence-corrected chi connectivity index (χ4v) is 1.60. The van der Waals surface area contributed by atoms with Gasteiger partial charge in [0, 0.05) is 27.7 Å². The zero-order valence-corrected chi connectivity index (χ0v) is 11.6. The number of rotatable bonds is 5. The van der Waals surface area contributed by atoms with Crippen molar-refractivity contribution in [2.45, 2.75) is 19.9 Å². The first-order chi connectivity index (χ1) is 9.15. The van der Waals surface area contributed by atoms with Crippen molar-refractivity contribution in [3.8, 4) is 11.5 Å². The number of hydrogen-bond donors (Lipinski definition) is 1. The monoisotopic (exact) mass is 262 g/mol. The first-order valence-electron chi connectivity index (χ1n) is 6.15. The smallest absolute Gasteiger partial charge is 0.230 e. The quantitative estimate of drug-likeness (QED) is 0.846. The molecule has 2 rings (SSSR count). The Morgan fingerprint density at radius 2 is 2.05 bits per heavy atom. The maximum atomic E-state index is 4.43. The van der Waals surface area contributed by atoms with Crippen LogP contribution in [0.5, 0.6) is 0 Å². The molecule has 0 fully saturated rings. The molecule has 0 saturated carbocycles. The van der Waals surface area contributed by atoms with Gasteiger partial charge in [0.1, 0.15) is 5.69 Å². The zero-order chi connectivity index (χ0) is 13.8. The van der Waals surface area contributed by atoms with E-state index in [0.29, 0.717) is 17.7 Å². The molecule has 102 valence electrons. The molecule has 2 aromatic rings. The first-order valence-corrected chi connectivity index (χ1v) is 6.15. The maximum Gasteiger partial charge on any atom is 0.230 e. The Balaban J connectivity index is 2.48. The summed E-state index contributed by atoms with van der Waals surface area (Å²) >= 11 is 0. The van der Waals surface area contributed by atoms with Crippen LogP contribution in [0.3, 0.4) is 0 Å². The molecule has 0 radical (unpaired) electrons. The minimum Gasteiger partial charge on any atom is -0.357 e.